The summed E-state index contributed by atoms with van der Waals surface area (Å²) < 4.78 is 66.2. The predicted octanol–water partition coefficient (Wildman–Crippen LogP) is 4.57. The van der Waals surface area contributed by atoms with E-state index in [1.165, 1.54) is 24.3 Å². The molecule has 0 radical (unpaired) electrons. The monoisotopic (exact) mass is 431 g/mol. The number of carboxylic acids is 1. The van der Waals surface area contributed by atoms with E-state index < -0.39 is 32.6 Å². The highest BCUT2D eigenvalue weighted by Gasteiger charge is 2.32. The maximum absolute atomic E-state index is 13.2. The van der Waals surface area contributed by atoms with Crippen LogP contribution in [-0.2, 0) is 27.4 Å². The van der Waals surface area contributed by atoms with Gasteiger partial charge < -0.3 is 5.11 Å². The van der Waals surface area contributed by atoms with Gasteiger partial charge in [0.2, 0.25) is 0 Å². The molecule has 1 heterocycles. The normalized spacial score (nSPS) is 12.4. The Bertz CT molecular complexity index is 1170. The molecule has 0 amide bonds. The Morgan fingerprint density at radius 1 is 1.11 bits per heavy atom. The Balaban J connectivity index is 2.23. The number of benzene rings is 2. The van der Waals surface area contributed by atoms with Crippen LogP contribution in [0, 0.1) is 0 Å². The summed E-state index contributed by atoms with van der Waals surface area (Å²) in [4.78, 5) is 10.4. The first-order chi connectivity index (χ1) is 13.0. The van der Waals surface area contributed by atoms with E-state index >= 15 is 0 Å². The van der Waals surface area contributed by atoms with Gasteiger partial charge in [0.1, 0.15) is 0 Å². The zero-order valence-electron chi connectivity index (χ0n) is 14.1. The van der Waals surface area contributed by atoms with Crippen molar-refractivity contribution in [1.29, 1.82) is 0 Å². The Kier molecular flexibility index (Phi) is 5.16. The molecule has 0 saturated carbocycles. The van der Waals surface area contributed by atoms with Crippen LogP contribution in [0.5, 0.6) is 0 Å². The molecule has 2 aromatic carbocycles. The van der Waals surface area contributed by atoms with Gasteiger partial charge in [-0.2, -0.15) is 13.2 Å². The van der Waals surface area contributed by atoms with Crippen molar-refractivity contribution in [2.45, 2.75) is 23.9 Å². The molecule has 0 saturated heterocycles. The maximum atomic E-state index is 13.2. The first-order valence-electron chi connectivity index (χ1n) is 7.94. The van der Waals surface area contributed by atoms with Crippen molar-refractivity contribution in [3.05, 3.63) is 64.8 Å². The van der Waals surface area contributed by atoms with Crippen molar-refractivity contribution in [2.75, 3.05) is 0 Å². The molecule has 0 aliphatic heterocycles. The third kappa shape index (κ3) is 3.85. The van der Waals surface area contributed by atoms with Gasteiger partial charge in [0.25, 0.3) is 10.0 Å². The zero-order chi connectivity index (χ0) is 20.7. The molecule has 0 aliphatic carbocycles. The number of alkyl halides is 3. The number of aryl methyl sites for hydroxylation is 1. The van der Waals surface area contributed by atoms with E-state index in [0.717, 1.165) is 22.2 Å². The Hall–Kier alpha value is -2.52. The number of halogens is 4. The van der Waals surface area contributed by atoms with E-state index in [0.29, 0.717) is 16.5 Å². The van der Waals surface area contributed by atoms with Gasteiger partial charge in [-0.3, -0.25) is 4.79 Å². The highest BCUT2D eigenvalue weighted by atomic mass is 35.5. The third-order valence-electron chi connectivity index (χ3n) is 4.09. The molecule has 1 N–H and O–H groups in total. The summed E-state index contributed by atoms with van der Waals surface area (Å²) in [6.07, 6.45) is -5.17. The first-order valence-corrected chi connectivity index (χ1v) is 9.76. The number of hydrogen-bond acceptors (Lipinski definition) is 3. The SMILES string of the molecule is O=C(O)CCc1cc2cc(Cl)ccc2n1S(=O)(=O)c1cccc(C(F)(F)F)c1. The number of hydrogen-bond donors (Lipinski definition) is 1. The molecule has 28 heavy (non-hydrogen) atoms. The van der Waals surface area contributed by atoms with Crippen LogP contribution in [0.2, 0.25) is 5.02 Å². The van der Waals surface area contributed by atoms with E-state index in [2.05, 4.69) is 0 Å². The molecule has 148 valence electrons. The molecule has 0 unspecified atom stereocenters. The largest absolute Gasteiger partial charge is 0.481 e. The number of aromatic nitrogens is 1. The molecular formula is C18H13ClF3NO4S. The van der Waals surface area contributed by atoms with E-state index in [4.69, 9.17) is 16.7 Å². The van der Waals surface area contributed by atoms with Crippen LogP contribution in [0.1, 0.15) is 17.7 Å². The van der Waals surface area contributed by atoms with Gasteiger partial charge in [-0.15, -0.1) is 0 Å². The van der Waals surface area contributed by atoms with Crippen LogP contribution in [0.25, 0.3) is 10.9 Å². The van der Waals surface area contributed by atoms with E-state index in [1.807, 2.05) is 0 Å². The van der Waals surface area contributed by atoms with Crippen LogP contribution in [-0.4, -0.2) is 23.5 Å². The second-order valence-electron chi connectivity index (χ2n) is 6.03. The number of carboxylic acid groups (broad SMARTS) is 1. The van der Waals surface area contributed by atoms with Gasteiger partial charge in [0, 0.05) is 16.1 Å². The van der Waals surface area contributed by atoms with Crippen molar-refractivity contribution < 1.29 is 31.5 Å². The van der Waals surface area contributed by atoms with Gasteiger partial charge in [-0.25, -0.2) is 12.4 Å². The minimum Gasteiger partial charge on any atom is -0.481 e. The second-order valence-corrected chi connectivity index (χ2v) is 8.25. The summed E-state index contributed by atoms with van der Waals surface area (Å²) in [5.74, 6) is -1.13. The quantitative estimate of drug-likeness (QED) is 0.642. The lowest BCUT2D eigenvalue weighted by molar-refractivity contribution is -0.138. The van der Waals surface area contributed by atoms with Crippen molar-refractivity contribution >= 4 is 38.5 Å². The first kappa shape index (κ1) is 20.2. The van der Waals surface area contributed by atoms with Crippen LogP contribution < -0.4 is 0 Å². The maximum Gasteiger partial charge on any atom is 0.416 e. The molecule has 0 atom stereocenters. The van der Waals surface area contributed by atoms with Crippen LogP contribution >= 0.6 is 11.6 Å². The average molecular weight is 432 g/mol. The summed E-state index contributed by atoms with van der Waals surface area (Å²) in [5.41, 5.74) is -0.764. The minimum absolute atomic E-state index is 0.125. The Labute approximate surface area is 163 Å². The Morgan fingerprint density at radius 2 is 1.82 bits per heavy atom. The lowest BCUT2D eigenvalue weighted by atomic mass is 10.2. The average Bonchev–Trinajstić information content (AvgIpc) is 2.97. The minimum atomic E-state index is -4.70. The van der Waals surface area contributed by atoms with Gasteiger partial charge in [-0.1, -0.05) is 17.7 Å². The van der Waals surface area contributed by atoms with Crippen molar-refractivity contribution in [3.8, 4) is 0 Å². The van der Waals surface area contributed by atoms with Gasteiger partial charge in [0.15, 0.2) is 0 Å². The molecule has 10 heteroatoms. The van der Waals surface area contributed by atoms with Crippen LogP contribution in [0.4, 0.5) is 13.2 Å². The number of rotatable bonds is 5. The molecule has 5 nitrogen and oxygen atoms in total. The predicted molar refractivity (Wildman–Crippen MR) is 96.9 cm³/mol. The summed E-state index contributed by atoms with van der Waals surface area (Å²) in [6.45, 7) is 0. The summed E-state index contributed by atoms with van der Waals surface area (Å²) in [7, 11) is -4.42. The highest BCUT2D eigenvalue weighted by Crippen LogP contribution is 2.33. The fourth-order valence-corrected chi connectivity index (χ4v) is 4.65. The highest BCUT2D eigenvalue weighted by molar-refractivity contribution is 7.90. The number of carbonyl (C=O) groups is 1. The van der Waals surface area contributed by atoms with Gasteiger partial charge in [0.05, 0.1) is 22.4 Å². The lowest BCUT2D eigenvalue weighted by Crippen LogP contribution is -2.17. The molecule has 0 spiro atoms. The molecule has 1 aromatic heterocycles. The number of aliphatic carboxylic acids is 1. The standard InChI is InChI=1S/C18H13ClF3NO4S/c19-13-4-6-16-11(8-13)9-14(5-7-17(24)25)23(16)28(26,27)15-3-1-2-12(10-15)18(20,21)22/h1-4,6,8-10H,5,7H2,(H,24,25). The van der Waals surface area contributed by atoms with E-state index in [1.54, 1.807) is 0 Å². The van der Waals surface area contributed by atoms with Crippen LogP contribution in [0.3, 0.4) is 0 Å². The molecule has 0 fully saturated rings. The zero-order valence-corrected chi connectivity index (χ0v) is 15.6. The molecular weight excluding hydrogens is 419 g/mol. The number of nitrogens with zero attached hydrogens (tertiary/aromatic N) is 1. The third-order valence-corrected chi connectivity index (χ3v) is 6.08. The molecule has 3 aromatic rings. The van der Waals surface area contributed by atoms with E-state index in [9.17, 15) is 26.4 Å². The summed E-state index contributed by atoms with van der Waals surface area (Å²) in [6, 6.07) is 9.24. The van der Waals surface area contributed by atoms with Crippen LogP contribution in [0.15, 0.2) is 53.4 Å². The van der Waals surface area contributed by atoms with Crippen molar-refractivity contribution in [2.24, 2.45) is 0 Å². The van der Waals surface area contributed by atoms with Gasteiger partial charge >= 0.3 is 12.1 Å². The summed E-state index contributed by atoms with van der Waals surface area (Å²) >= 11 is 5.93. The lowest BCUT2D eigenvalue weighted by Gasteiger charge is -2.13. The second kappa shape index (κ2) is 7.14. The molecule has 0 bridgehead atoms. The van der Waals surface area contributed by atoms with E-state index in [-0.39, 0.29) is 24.1 Å². The topological polar surface area (TPSA) is 76.4 Å². The molecule has 3 rings (SSSR count). The van der Waals surface area contributed by atoms with Crippen molar-refractivity contribution in [3.63, 3.8) is 0 Å². The Morgan fingerprint density at radius 3 is 2.46 bits per heavy atom. The smallest absolute Gasteiger partial charge is 0.416 e. The fraction of sp³-hybridized carbons (Fsp3) is 0.167. The fourth-order valence-electron chi connectivity index (χ4n) is 2.85. The number of fused-ring (bicyclic) bond motifs is 1. The van der Waals surface area contributed by atoms with Crippen molar-refractivity contribution in [1.82, 2.24) is 3.97 Å². The van der Waals surface area contributed by atoms with Gasteiger partial charge in [-0.05, 0) is 48.9 Å². The molecule has 0 aliphatic rings. The summed E-state index contributed by atoms with van der Waals surface area (Å²) in [5, 5.41) is 9.70.